The maximum Gasteiger partial charge on any atom is 0.314 e. The molecule has 27 heavy (non-hydrogen) atoms. The second-order valence-electron chi connectivity index (χ2n) is 6.77. The van der Waals surface area contributed by atoms with Gasteiger partial charge >= 0.3 is 5.97 Å². The van der Waals surface area contributed by atoms with Gasteiger partial charge in [-0.1, -0.05) is 0 Å². The van der Waals surface area contributed by atoms with Gasteiger partial charge in [0.2, 0.25) is 5.78 Å². The van der Waals surface area contributed by atoms with Crippen LogP contribution in [-0.2, 0) is 26.9 Å². The Morgan fingerprint density at radius 3 is 2.44 bits per heavy atom. The largest absolute Gasteiger partial charge is 0.491 e. The van der Waals surface area contributed by atoms with Crippen LogP contribution in [0.25, 0.3) is 0 Å². The standard InChI is InChI=1S/C20H23NO5S/c1-12(2)26-14-7-5-13(6-8-14)19(22)18-17(27(4)24)11-16-15(20(23)25-3)9-10-21(16)18/h5-8,11-12,15H,9-10H2,1-4H3. The lowest BCUT2D eigenvalue weighted by Gasteiger charge is -2.11. The molecule has 2 atom stereocenters. The number of nitrogens with zero attached hydrogens (tertiary/aromatic N) is 1. The highest BCUT2D eigenvalue weighted by molar-refractivity contribution is 7.84. The topological polar surface area (TPSA) is 74.6 Å². The summed E-state index contributed by atoms with van der Waals surface area (Å²) in [7, 11) is -0.00590. The van der Waals surface area contributed by atoms with Crippen molar-refractivity contribution in [3.63, 3.8) is 0 Å². The zero-order valence-electron chi connectivity index (χ0n) is 15.9. The Morgan fingerprint density at radius 2 is 1.89 bits per heavy atom. The van der Waals surface area contributed by atoms with Crippen LogP contribution in [0.4, 0.5) is 0 Å². The number of hydrogen-bond donors (Lipinski definition) is 0. The molecule has 1 aromatic carbocycles. The van der Waals surface area contributed by atoms with Crippen LogP contribution >= 0.6 is 0 Å². The Bertz CT molecular complexity index is 898. The van der Waals surface area contributed by atoms with Crippen molar-refractivity contribution in [1.29, 1.82) is 0 Å². The molecule has 0 saturated carbocycles. The first-order valence-corrected chi connectivity index (χ1v) is 10.4. The number of rotatable bonds is 6. The van der Waals surface area contributed by atoms with Crippen LogP contribution in [0.5, 0.6) is 5.75 Å². The number of carbonyl (C=O) groups is 2. The van der Waals surface area contributed by atoms with Crippen LogP contribution in [-0.4, -0.2) is 40.0 Å². The summed E-state index contributed by atoms with van der Waals surface area (Å²) >= 11 is 0. The van der Waals surface area contributed by atoms with Gasteiger partial charge < -0.3 is 14.0 Å². The fourth-order valence-electron chi connectivity index (χ4n) is 3.41. The number of methoxy groups -OCH3 is 1. The van der Waals surface area contributed by atoms with Gasteiger partial charge in [0.1, 0.15) is 11.4 Å². The average molecular weight is 389 g/mol. The Hall–Kier alpha value is -2.41. The molecule has 0 amide bonds. The van der Waals surface area contributed by atoms with Gasteiger partial charge in [-0.15, -0.1) is 0 Å². The lowest BCUT2D eigenvalue weighted by atomic mass is 10.1. The van der Waals surface area contributed by atoms with Crippen molar-refractivity contribution in [2.24, 2.45) is 0 Å². The number of carbonyl (C=O) groups excluding carboxylic acids is 2. The van der Waals surface area contributed by atoms with Crippen molar-refractivity contribution in [2.45, 2.75) is 43.7 Å². The number of ether oxygens (including phenoxy) is 2. The highest BCUT2D eigenvalue weighted by Gasteiger charge is 2.35. The molecule has 0 aliphatic carbocycles. The first-order valence-electron chi connectivity index (χ1n) is 8.79. The zero-order chi connectivity index (χ0) is 19.7. The third-order valence-electron chi connectivity index (χ3n) is 4.59. The number of esters is 1. The minimum absolute atomic E-state index is 0.0461. The quantitative estimate of drug-likeness (QED) is 0.561. The van der Waals surface area contributed by atoms with Crippen LogP contribution in [0.15, 0.2) is 35.2 Å². The van der Waals surface area contributed by atoms with Gasteiger partial charge in [0.15, 0.2) is 0 Å². The third kappa shape index (κ3) is 3.69. The molecule has 1 aromatic heterocycles. The van der Waals surface area contributed by atoms with Gasteiger partial charge in [-0.2, -0.15) is 0 Å². The normalized spacial score (nSPS) is 16.9. The van der Waals surface area contributed by atoms with Gasteiger partial charge in [0, 0.05) is 24.1 Å². The Labute approximate surface area is 160 Å². The predicted molar refractivity (Wildman–Crippen MR) is 102 cm³/mol. The zero-order valence-corrected chi connectivity index (χ0v) is 16.7. The van der Waals surface area contributed by atoms with Crippen LogP contribution in [0.2, 0.25) is 0 Å². The van der Waals surface area contributed by atoms with Gasteiger partial charge in [-0.25, -0.2) is 0 Å². The molecule has 0 radical (unpaired) electrons. The Balaban J connectivity index is 2.00. The van der Waals surface area contributed by atoms with Crippen LogP contribution < -0.4 is 4.74 Å². The lowest BCUT2D eigenvalue weighted by Crippen LogP contribution is -2.12. The third-order valence-corrected chi connectivity index (χ3v) is 5.52. The van der Waals surface area contributed by atoms with E-state index in [9.17, 15) is 13.8 Å². The highest BCUT2D eigenvalue weighted by Crippen LogP contribution is 2.35. The SMILES string of the molecule is COC(=O)C1CCn2c1cc(S(C)=O)c2C(=O)c1ccc(OC(C)C)cc1. The van der Waals surface area contributed by atoms with Crippen molar-refractivity contribution >= 4 is 22.6 Å². The second kappa shape index (κ2) is 7.68. The van der Waals surface area contributed by atoms with Crippen molar-refractivity contribution in [1.82, 2.24) is 4.57 Å². The number of ketones is 1. The fraction of sp³-hybridized carbons (Fsp3) is 0.400. The minimum atomic E-state index is -1.35. The van der Waals surface area contributed by atoms with Crippen molar-refractivity contribution in [3.8, 4) is 5.75 Å². The molecule has 2 aromatic rings. The predicted octanol–water partition coefficient (Wildman–Crippen LogP) is 2.90. The monoisotopic (exact) mass is 389 g/mol. The molecule has 6 nitrogen and oxygen atoms in total. The molecule has 2 unspecified atom stereocenters. The van der Waals surface area contributed by atoms with Crippen LogP contribution in [0, 0.1) is 0 Å². The van der Waals surface area contributed by atoms with Crippen molar-refractivity contribution in [2.75, 3.05) is 13.4 Å². The van der Waals surface area contributed by atoms with Crippen molar-refractivity contribution in [3.05, 3.63) is 47.3 Å². The molecular weight excluding hydrogens is 366 g/mol. The summed E-state index contributed by atoms with van der Waals surface area (Å²) in [6.07, 6.45) is 2.15. The number of hydrogen-bond acceptors (Lipinski definition) is 5. The fourth-order valence-corrected chi connectivity index (χ4v) is 4.17. The summed E-state index contributed by atoms with van der Waals surface area (Å²) < 4.78 is 24.5. The molecular formula is C20H23NO5S. The maximum atomic E-state index is 13.2. The van der Waals surface area contributed by atoms with Crippen LogP contribution in [0.1, 0.15) is 47.9 Å². The molecule has 1 aliphatic rings. The molecule has 144 valence electrons. The van der Waals surface area contributed by atoms with Gasteiger partial charge in [-0.05, 0) is 50.6 Å². The second-order valence-corrected chi connectivity index (χ2v) is 8.12. The van der Waals surface area contributed by atoms with E-state index in [-0.39, 0.29) is 17.9 Å². The molecule has 7 heteroatoms. The first kappa shape index (κ1) is 19.4. The van der Waals surface area contributed by atoms with E-state index in [4.69, 9.17) is 9.47 Å². The highest BCUT2D eigenvalue weighted by atomic mass is 32.2. The van der Waals surface area contributed by atoms with E-state index in [1.807, 2.05) is 13.8 Å². The summed E-state index contributed by atoms with van der Waals surface area (Å²) in [6, 6.07) is 8.61. The van der Waals surface area contributed by atoms with E-state index in [1.165, 1.54) is 13.4 Å². The molecule has 0 bridgehead atoms. The molecule has 0 N–H and O–H groups in total. The van der Waals surface area contributed by atoms with Gasteiger partial charge in [0.05, 0.1) is 34.8 Å². The van der Waals surface area contributed by atoms with Gasteiger partial charge in [0.25, 0.3) is 0 Å². The minimum Gasteiger partial charge on any atom is -0.491 e. The Morgan fingerprint density at radius 1 is 1.22 bits per heavy atom. The summed E-state index contributed by atoms with van der Waals surface area (Å²) in [5, 5.41) is 0. The lowest BCUT2D eigenvalue weighted by molar-refractivity contribution is -0.142. The van der Waals surface area contributed by atoms with Gasteiger partial charge in [-0.3, -0.25) is 13.8 Å². The summed E-state index contributed by atoms with van der Waals surface area (Å²) in [5.41, 5.74) is 1.56. The molecule has 0 fully saturated rings. The first-order chi connectivity index (χ1) is 12.8. The summed E-state index contributed by atoms with van der Waals surface area (Å²) in [5.74, 6) is -0.297. The Kier molecular flexibility index (Phi) is 5.51. The molecule has 3 rings (SSSR count). The molecule has 1 aliphatic heterocycles. The summed E-state index contributed by atoms with van der Waals surface area (Å²) in [4.78, 5) is 25.6. The summed E-state index contributed by atoms with van der Waals surface area (Å²) in [6.45, 7) is 4.38. The van der Waals surface area contributed by atoms with E-state index in [1.54, 1.807) is 34.9 Å². The van der Waals surface area contributed by atoms with E-state index in [0.29, 0.717) is 40.6 Å². The molecule has 0 saturated heterocycles. The average Bonchev–Trinajstić information content (AvgIpc) is 3.19. The smallest absolute Gasteiger partial charge is 0.314 e. The molecule has 0 spiro atoms. The number of benzene rings is 1. The molecule has 2 heterocycles. The van der Waals surface area contributed by atoms with E-state index in [2.05, 4.69) is 0 Å². The van der Waals surface area contributed by atoms with E-state index >= 15 is 0 Å². The number of fused-ring (bicyclic) bond motifs is 1. The number of aromatic nitrogens is 1. The van der Waals surface area contributed by atoms with Crippen molar-refractivity contribution < 1.29 is 23.3 Å². The maximum absolute atomic E-state index is 13.2. The van der Waals surface area contributed by atoms with E-state index < -0.39 is 16.7 Å². The van der Waals surface area contributed by atoms with Crippen LogP contribution in [0.3, 0.4) is 0 Å². The van der Waals surface area contributed by atoms with E-state index in [0.717, 1.165) is 0 Å².